The van der Waals surface area contributed by atoms with Crippen molar-refractivity contribution in [3.63, 3.8) is 0 Å². The highest BCUT2D eigenvalue weighted by molar-refractivity contribution is 6.36. The second-order valence-electron chi connectivity index (χ2n) is 4.43. The number of hydrogen-bond donors (Lipinski definition) is 2. The second kappa shape index (κ2) is 5.60. The van der Waals surface area contributed by atoms with Crippen molar-refractivity contribution < 1.29 is 5.11 Å². The number of phenolic OH excluding ortho intramolecular Hbond substituents is 1. The monoisotopic (exact) mass is 338 g/mol. The molecule has 0 bridgehead atoms. The maximum absolute atomic E-state index is 10.0. The van der Waals surface area contributed by atoms with Crippen LogP contribution in [0.25, 0.3) is 22.5 Å². The van der Waals surface area contributed by atoms with Crippen LogP contribution in [-0.2, 0) is 0 Å². The van der Waals surface area contributed by atoms with Crippen molar-refractivity contribution in [1.82, 2.24) is 10.2 Å². The van der Waals surface area contributed by atoms with Gasteiger partial charge in [0.1, 0.15) is 5.75 Å². The molecule has 1 aromatic heterocycles. The Kier molecular flexibility index (Phi) is 3.81. The zero-order valence-corrected chi connectivity index (χ0v) is 12.8. The van der Waals surface area contributed by atoms with Crippen LogP contribution in [0, 0.1) is 0 Å². The van der Waals surface area contributed by atoms with E-state index in [1.807, 2.05) is 18.2 Å². The van der Waals surface area contributed by atoms with Crippen LogP contribution in [0.1, 0.15) is 0 Å². The molecule has 6 heteroatoms. The third-order valence-electron chi connectivity index (χ3n) is 3.05. The van der Waals surface area contributed by atoms with Crippen molar-refractivity contribution in [3.05, 3.63) is 57.5 Å². The fraction of sp³-hybridized carbons (Fsp3) is 0. The van der Waals surface area contributed by atoms with Gasteiger partial charge in [0.25, 0.3) is 0 Å². The van der Waals surface area contributed by atoms with Gasteiger partial charge in [0.2, 0.25) is 0 Å². The molecule has 1 heterocycles. The third-order valence-corrected chi connectivity index (χ3v) is 3.88. The number of aromatic nitrogens is 2. The Hall–Kier alpha value is -1.68. The van der Waals surface area contributed by atoms with Crippen LogP contribution in [0.4, 0.5) is 0 Å². The van der Waals surface area contributed by atoms with Crippen LogP contribution < -0.4 is 0 Å². The summed E-state index contributed by atoms with van der Waals surface area (Å²) in [4.78, 5) is 0. The predicted molar refractivity (Wildman–Crippen MR) is 86.2 cm³/mol. The maximum atomic E-state index is 10.0. The highest BCUT2D eigenvalue weighted by atomic mass is 35.5. The molecule has 0 saturated carbocycles. The summed E-state index contributed by atoms with van der Waals surface area (Å²) >= 11 is 18.0. The minimum absolute atomic E-state index is 0.0572. The van der Waals surface area contributed by atoms with Gasteiger partial charge in [0.15, 0.2) is 0 Å². The molecular formula is C15H9Cl3N2O. The van der Waals surface area contributed by atoms with E-state index in [2.05, 4.69) is 10.2 Å². The van der Waals surface area contributed by atoms with E-state index in [4.69, 9.17) is 34.8 Å². The molecule has 0 aliphatic carbocycles. The molecule has 3 rings (SSSR count). The molecule has 0 aliphatic heterocycles. The van der Waals surface area contributed by atoms with E-state index < -0.39 is 0 Å². The van der Waals surface area contributed by atoms with Crippen molar-refractivity contribution in [2.75, 3.05) is 0 Å². The molecule has 2 aromatic carbocycles. The SMILES string of the molecule is Oc1c(Cl)cc(Cl)cc1-c1cc(-c2ccccc2Cl)[nH]n1. The number of aromatic amines is 1. The Bertz CT molecular complexity index is 814. The van der Waals surface area contributed by atoms with Crippen LogP contribution in [0.2, 0.25) is 15.1 Å². The molecule has 0 aliphatic rings. The predicted octanol–water partition coefficient (Wildman–Crippen LogP) is 5.41. The normalized spacial score (nSPS) is 10.8. The van der Waals surface area contributed by atoms with E-state index in [9.17, 15) is 5.11 Å². The van der Waals surface area contributed by atoms with E-state index in [1.165, 1.54) is 6.07 Å². The summed E-state index contributed by atoms with van der Waals surface area (Å²) in [5, 5.41) is 18.3. The molecule has 3 aromatic rings. The first-order valence-corrected chi connectivity index (χ1v) is 7.18. The standard InChI is InChI=1S/C15H9Cl3N2O/c16-8-5-10(15(21)12(18)6-8)14-7-13(19-20-14)9-3-1-2-4-11(9)17/h1-7,21H,(H,19,20). The van der Waals surface area contributed by atoms with E-state index in [0.717, 1.165) is 11.3 Å². The van der Waals surface area contributed by atoms with Gasteiger partial charge in [-0.3, -0.25) is 5.10 Å². The minimum atomic E-state index is -0.0572. The second-order valence-corrected chi connectivity index (χ2v) is 5.68. The summed E-state index contributed by atoms with van der Waals surface area (Å²) in [6.07, 6.45) is 0. The lowest BCUT2D eigenvalue weighted by molar-refractivity contribution is 0.477. The smallest absolute Gasteiger partial charge is 0.143 e. The molecule has 0 spiro atoms. The number of rotatable bonds is 2. The molecule has 21 heavy (non-hydrogen) atoms. The topological polar surface area (TPSA) is 48.9 Å². The summed E-state index contributed by atoms with van der Waals surface area (Å²) in [6.45, 7) is 0. The van der Waals surface area contributed by atoms with E-state index in [0.29, 0.717) is 21.3 Å². The Morgan fingerprint density at radius 1 is 0.905 bits per heavy atom. The third kappa shape index (κ3) is 2.72. The average Bonchev–Trinajstić information content (AvgIpc) is 2.92. The zero-order chi connectivity index (χ0) is 15.0. The first-order chi connectivity index (χ1) is 10.1. The highest BCUT2D eigenvalue weighted by Crippen LogP contribution is 2.38. The minimum Gasteiger partial charge on any atom is -0.506 e. The van der Waals surface area contributed by atoms with E-state index >= 15 is 0 Å². The van der Waals surface area contributed by atoms with Crippen molar-refractivity contribution in [1.29, 1.82) is 0 Å². The number of halogens is 3. The fourth-order valence-electron chi connectivity index (χ4n) is 2.04. The lowest BCUT2D eigenvalue weighted by Crippen LogP contribution is -1.81. The van der Waals surface area contributed by atoms with Gasteiger partial charge >= 0.3 is 0 Å². The first-order valence-electron chi connectivity index (χ1n) is 6.05. The van der Waals surface area contributed by atoms with Crippen LogP contribution in [-0.4, -0.2) is 15.3 Å². The van der Waals surface area contributed by atoms with E-state index in [-0.39, 0.29) is 10.8 Å². The van der Waals surface area contributed by atoms with Crippen molar-refractivity contribution in [2.24, 2.45) is 0 Å². The molecule has 106 valence electrons. The molecule has 0 atom stereocenters. The Labute approximate surface area is 136 Å². The molecular weight excluding hydrogens is 331 g/mol. The largest absolute Gasteiger partial charge is 0.506 e. The van der Waals surface area contributed by atoms with Gasteiger partial charge in [0, 0.05) is 21.2 Å². The van der Waals surface area contributed by atoms with Gasteiger partial charge < -0.3 is 5.11 Å². The molecule has 0 unspecified atom stereocenters. The number of H-pyrrole nitrogens is 1. The fourth-order valence-corrected chi connectivity index (χ4v) is 2.77. The molecule has 0 radical (unpaired) electrons. The lowest BCUT2D eigenvalue weighted by atomic mass is 10.1. The number of phenols is 1. The average molecular weight is 340 g/mol. The van der Waals surface area contributed by atoms with E-state index in [1.54, 1.807) is 18.2 Å². The summed E-state index contributed by atoms with van der Waals surface area (Å²) < 4.78 is 0. The number of nitrogens with one attached hydrogen (secondary N) is 1. The van der Waals surface area contributed by atoms with Crippen molar-refractivity contribution in [3.8, 4) is 28.3 Å². The van der Waals surface area contributed by atoms with Gasteiger partial charge in [-0.25, -0.2) is 0 Å². The lowest BCUT2D eigenvalue weighted by Gasteiger charge is -2.04. The van der Waals surface area contributed by atoms with Crippen LogP contribution >= 0.6 is 34.8 Å². The Morgan fingerprint density at radius 2 is 1.67 bits per heavy atom. The van der Waals surface area contributed by atoms with Gasteiger partial charge in [-0.05, 0) is 24.3 Å². The summed E-state index contributed by atoms with van der Waals surface area (Å²) in [5.74, 6) is -0.0572. The number of nitrogens with zero attached hydrogens (tertiary/aromatic N) is 1. The van der Waals surface area contributed by atoms with Crippen LogP contribution in [0.15, 0.2) is 42.5 Å². The summed E-state index contributed by atoms with van der Waals surface area (Å²) in [5.41, 5.74) is 2.56. The quantitative estimate of drug-likeness (QED) is 0.656. The van der Waals surface area contributed by atoms with Gasteiger partial charge in [-0.15, -0.1) is 0 Å². The summed E-state index contributed by atoms with van der Waals surface area (Å²) in [6, 6.07) is 12.3. The van der Waals surface area contributed by atoms with Gasteiger partial charge in [-0.1, -0.05) is 53.0 Å². The van der Waals surface area contributed by atoms with Crippen LogP contribution in [0.3, 0.4) is 0 Å². The van der Waals surface area contributed by atoms with Crippen molar-refractivity contribution >= 4 is 34.8 Å². The Balaban J connectivity index is 2.09. The summed E-state index contributed by atoms with van der Waals surface area (Å²) in [7, 11) is 0. The Morgan fingerprint density at radius 3 is 2.43 bits per heavy atom. The van der Waals surface area contributed by atoms with Gasteiger partial charge in [0.05, 0.1) is 16.4 Å². The van der Waals surface area contributed by atoms with Crippen molar-refractivity contribution in [2.45, 2.75) is 0 Å². The van der Waals surface area contributed by atoms with Gasteiger partial charge in [-0.2, -0.15) is 5.10 Å². The highest BCUT2D eigenvalue weighted by Gasteiger charge is 2.14. The molecule has 0 amide bonds. The first kappa shape index (κ1) is 14.3. The molecule has 0 fully saturated rings. The number of hydrogen-bond acceptors (Lipinski definition) is 2. The maximum Gasteiger partial charge on any atom is 0.143 e. The molecule has 0 saturated heterocycles. The van der Waals surface area contributed by atoms with Crippen LogP contribution in [0.5, 0.6) is 5.75 Å². The zero-order valence-electron chi connectivity index (χ0n) is 10.6. The number of benzene rings is 2. The number of aromatic hydroxyl groups is 1. The molecule has 3 nitrogen and oxygen atoms in total. The molecule has 2 N–H and O–H groups in total.